The molecule has 0 bridgehead atoms. The van der Waals surface area contributed by atoms with Gasteiger partial charge in [-0.05, 0) is 68.3 Å². The van der Waals surface area contributed by atoms with E-state index in [2.05, 4.69) is 4.98 Å². The van der Waals surface area contributed by atoms with Gasteiger partial charge in [-0.3, -0.25) is 9.78 Å². The van der Waals surface area contributed by atoms with Crippen LogP contribution in [0.4, 0.5) is 0 Å². The van der Waals surface area contributed by atoms with Gasteiger partial charge in [-0.25, -0.2) is 4.79 Å². The molecule has 7 heteroatoms. The van der Waals surface area contributed by atoms with E-state index in [4.69, 9.17) is 14.9 Å². The van der Waals surface area contributed by atoms with Crippen LogP contribution in [0.15, 0.2) is 88.1 Å². The van der Waals surface area contributed by atoms with Crippen LogP contribution in [0.25, 0.3) is 21.9 Å². The van der Waals surface area contributed by atoms with Crippen LogP contribution in [-0.4, -0.2) is 16.0 Å². The van der Waals surface area contributed by atoms with Crippen molar-refractivity contribution in [2.24, 2.45) is 11.7 Å². The number of aromatic nitrogens is 1. The summed E-state index contributed by atoms with van der Waals surface area (Å²) < 4.78 is 11.5. The number of carbonyl (C=O) groups excluding carboxylic acids is 1. The molecule has 5 rings (SSSR count). The van der Waals surface area contributed by atoms with E-state index in [0.29, 0.717) is 23.3 Å². The molecule has 0 radical (unpaired) electrons. The average molecular weight is 509 g/mol. The fraction of sp³-hybridized carbons (Fsp3) is 0.194. The Kier molecular flexibility index (Phi) is 6.94. The van der Waals surface area contributed by atoms with Crippen molar-refractivity contribution in [2.45, 2.75) is 33.0 Å². The van der Waals surface area contributed by atoms with E-state index in [9.17, 15) is 14.7 Å². The summed E-state index contributed by atoms with van der Waals surface area (Å²) in [4.78, 5) is 29.6. The molecule has 2 atom stereocenters. The number of primary amides is 1. The first-order valence-electron chi connectivity index (χ1n) is 12.4. The molecule has 1 amide bonds. The Bertz CT molecular complexity index is 1710. The van der Waals surface area contributed by atoms with Gasteiger partial charge in [0.25, 0.3) is 0 Å². The van der Waals surface area contributed by atoms with Gasteiger partial charge in [-0.2, -0.15) is 0 Å². The number of aliphatic hydroxyl groups excluding tert-OH is 1. The Balaban J connectivity index is 1.37. The first-order valence-corrected chi connectivity index (χ1v) is 12.4. The Morgan fingerprint density at radius 1 is 1.03 bits per heavy atom. The maximum atomic E-state index is 12.6. The lowest BCUT2D eigenvalue weighted by molar-refractivity contribution is -0.125. The third-order valence-electron chi connectivity index (χ3n) is 6.66. The molecular weight excluding hydrogens is 480 g/mol. The van der Waals surface area contributed by atoms with Crippen molar-refractivity contribution < 1.29 is 19.1 Å². The number of hydrogen-bond acceptors (Lipinski definition) is 6. The van der Waals surface area contributed by atoms with Gasteiger partial charge in [0, 0.05) is 22.0 Å². The van der Waals surface area contributed by atoms with Crippen LogP contribution >= 0.6 is 0 Å². The molecule has 2 unspecified atom stereocenters. The maximum Gasteiger partial charge on any atom is 0.342 e. The number of para-hydroxylation sites is 1. The minimum absolute atomic E-state index is 0.000704. The highest BCUT2D eigenvalue weighted by Crippen LogP contribution is 2.28. The molecule has 2 aromatic heterocycles. The van der Waals surface area contributed by atoms with Crippen molar-refractivity contribution in [2.75, 3.05) is 0 Å². The summed E-state index contributed by atoms with van der Waals surface area (Å²) in [6.45, 7) is 4.20. The summed E-state index contributed by atoms with van der Waals surface area (Å²) in [5.74, 6) is -1.15. The molecule has 0 spiro atoms. The third kappa shape index (κ3) is 5.28. The summed E-state index contributed by atoms with van der Waals surface area (Å²) in [6.07, 6.45) is -1.31. The SMILES string of the molecule is Cc1ccc2oc(=O)c(C(O)C(Cc3cccc(OCc4cc(C)nc5ccccc45)c3)C(N)=O)cc2c1. The van der Waals surface area contributed by atoms with Crippen LogP contribution in [0.2, 0.25) is 0 Å². The van der Waals surface area contributed by atoms with Crippen molar-refractivity contribution in [1.82, 2.24) is 4.98 Å². The summed E-state index contributed by atoms with van der Waals surface area (Å²) >= 11 is 0. The lowest BCUT2D eigenvalue weighted by Gasteiger charge is -2.20. The zero-order valence-electron chi connectivity index (χ0n) is 21.2. The predicted octanol–water partition coefficient (Wildman–Crippen LogP) is 4.91. The molecule has 0 aliphatic rings. The molecule has 2 heterocycles. The summed E-state index contributed by atoms with van der Waals surface area (Å²) in [5.41, 5.74) is 9.94. The maximum absolute atomic E-state index is 12.6. The minimum Gasteiger partial charge on any atom is -0.489 e. The van der Waals surface area contributed by atoms with Crippen LogP contribution in [0, 0.1) is 19.8 Å². The molecule has 38 heavy (non-hydrogen) atoms. The number of rotatable bonds is 8. The average Bonchev–Trinajstić information content (AvgIpc) is 2.90. The lowest BCUT2D eigenvalue weighted by Crippen LogP contribution is -2.32. The minimum atomic E-state index is -1.43. The van der Waals surface area contributed by atoms with Gasteiger partial charge < -0.3 is 20.0 Å². The standard InChI is InChI=1S/C31H28N2O5/c1-18-10-11-28-21(12-18)16-26(31(36)38-28)29(34)25(30(32)35)15-20-6-5-7-23(14-20)37-17-22-13-19(2)33-27-9-4-3-8-24(22)27/h3-14,16,25,29,34H,15,17H2,1-2H3,(H2,32,35). The van der Waals surface area contributed by atoms with Gasteiger partial charge in [0.1, 0.15) is 17.9 Å². The van der Waals surface area contributed by atoms with Crippen LogP contribution in [0.3, 0.4) is 0 Å². The van der Waals surface area contributed by atoms with Gasteiger partial charge >= 0.3 is 5.63 Å². The Morgan fingerprint density at radius 2 is 1.84 bits per heavy atom. The molecule has 7 nitrogen and oxygen atoms in total. The highest BCUT2D eigenvalue weighted by atomic mass is 16.5. The van der Waals surface area contributed by atoms with E-state index in [1.807, 2.05) is 80.6 Å². The van der Waals surface area contributed by atoms with Gasteiger partial charge in [0.15, 0.2) is 0 Å². The summed E-state index contributed by atoms with van der Waals surface area (Å²) in [6, 6.07) is 24.1. The van der Waals surface area contributed by atoms with Crippen molar-refractivity contribution >= 4 is 27.8 Å². The highest BCUT2D eigenvalue weighted by molar-refractivity contribution is 5.82. The second-order valence-corrected chi connectivity index (χ2v) is 9.56. The lowest BCUT2D eigenvalue weighted by atomic mass is 9.89. The number of pyridine rings is 1. The van der Waals surface area contributed by atoms with Gasteiger partial charge in [-0.1, -0.05) is 42.0 Å². The van der Waals surface area contributed by atoms with Crippen molar-refractivity contribution in [3.8, 4) is 5.75 Å². The topological polar surface area (TPSA) is 116 Å². The Labute approximate surface area is 219 Å². The van der Waals surface area contributed by atoms with E-state index in [-0.39, 0.29) is 12.0 Å². The summed E-state index contributed by atoms with van der Waals surface area (Å²) in [7, 11) is 0. The quantitative estimate of drug-likeness (QED) is 0.288. The molecule has 0 aliphatic carbocycles. The third-order valence-corrected chi connectivity index (χ3v) is 6.66. The second kappa shape index (κ2) is 10.5. The number of hydrogen-bond donors (Lipinski definition) is 2. The van der Waals surface area contributed by atoms with Crippen molar-refractivity contribution in [1.29, 1.82) is 0 Å². The van der Waals surface area contributed by atoms with Gasteiger partial charge in [-0.15, -0.1) is 0 Å². The zero-order chi connectivity index (χ0) is 26.8. The molecule has 3 N–H and O–H groups in total. The number of benzene rings is 3. The van der Waals surface area contributed by atoms with E-state index < -0.39 is 23.6 Å². The van der Waals surface area contributed by atoms with E-state index in [0.717, 1.165) is 33.3 Å². The molecule has 0 saturated heterocycles. The van der Waals surface area contributed by atoms with Crippen LogP contribution < -0.4 is 16.1 Å². The predicted molar refractivity (Wildman–Crippen MR) is 146 cm³/mol. The number of ether oxygens (including phenoxy) is 1. The van der Waals surface area contributed by atoms with Crippen molar-refractivity contribution in [3.63, 3.8) is 0 Å². The normalized spacial score (nSPS) is 12.9. The number of carbonyl (C=O) groups is 1. The number of nitrogens with zero attached hydrogens (tertiary/aromatic N) is 1. The van der Waals surface area contributed by atoms with Gasteiger partial charge in [0.05, 0.1) is 23.1 Å². The number of nitrogens with two attached hydrogens (primary N) is 1. The van der Waals surface area contributed by atoms with Crippen LogP contribution in [0.1, 0.15) is 34.1 Å². The second-order valence-electron chi connectivity index (χ2n) is 9.56. The first-order chi connectivity index (χ1) is 18.3. The number of amides is 1. The van der Waals surface area contributed by atoms with E-state index >= 15 is 0 Å². The van der Waals surface area contributed by atoms with E-state index in [1.54, 1.807) is 12.1 Å². The Hall–Kier alpha value is -4.49. The summed E-state index contributed by atoms with van der Waals surface area (Å²) in [5, 5.41) is 12.8. The molecule has 3 aromatic carbocycles. The monoisotopic (exact) mass is 508 g/mol. The van der Waals surface area contributed by atoms with Crippen LogP contribution in [-0.2, 0) is 17.8 Å². The number of aryl methyl sites for hydroxylation is 2. The molecule has 192 valence electrons. The molecule has 0 saturated carbocycles. The van der Waals surface area contributed by atoms with Crippen LogP contribution in [0.5, 0.6) is 5.75 Å². The molecule has 5 aromatic rings. The first kappa shape index (κ1) is 25.2. The largest absolute Gasteiger partial charge is 0.489 e. The van der Waals surface area contributed by atoms with E-state index in [1.165, 1.54) is 0 Å². The van der Waals surface area contributed by atoms with Crippen molar-refractivity contribution in [3.05, 3.63) is 117 Å². The number of fused-ring (bicyclic) bond motifs is 2. The Morgan fingerprint density at radius 3 is 2.66 bits per heavy atom. The molecule has 0 fully saturated rings. The highest BCUT2D eigenvalue weighted by Gasteiger charge is 2.29. The molecular formula is C31H28N2O5. The zero-order valence-corrected chi connectivity index (χ0v) is 21.2. The van der Waals surface area contributed by atoms with Gasteiger partial charge in [0.2, 0.25) is 5.91 Å². The fourth-order valence-electron chi connectivity index (χ4n) is 4.74. The smallest absolute Gasteiger partial charge is 0.342 e. The molecule has 0 aliphatic heterocycles. The fourth-order valence-corrected chi connectivity index (χ4v) is 4.74. The number of aliphatic hydroxyl groups is 1.